The summed E-state index contributed by atoms with van der Waals surface area (Å²) in [5.74, 6) is 0.188. The van der Waals surface area contributed by atoms with Gasteiger partial charge in [0.25, 0.3) is 0 Å². The van der Waals surface area contributed by atoms with Crippen molar-refractivity contribution in [3.63, 3.8) is 0 Å². The molecule has 0 bridgehead atoms. The highest BCUT2D eigenvalue weighted by atomic mass is 32.2. The standard InChI is InChI=1S/C22H25N3O3S/c1-4-12-28-17-11-6-5-10-16(17)23-19(26)13-18-21(27)25-22(29-18)24-20-14(2)8-7-9-15(20)3/h5-11,18H,4,12-13H2,1-3H3,(H,23,26)(H,24,25,27)/t18-/m0/s1. The number of aryl methyl sites for hydroxylation is 2. The number of hydrogen-bond acceptors (Lipinski definition) is 5. The van der Waals surface area contributed by atoms with Crippen molar-refractivity contribution in [2.45, 2.75) is 38.9 Å². The Kier molecular flexibility index (Phi) is 6.93. The summed E-state index contributed by atoms with van der Waals surface area (Å²) in [7, 11) is 0. The quantitative estimate of drug-likeness (QED) is 0.710. The summed E-state index contributed by atoms with van der Waals surface area (Å²) in [6.07, 6.45) is 0.939. The van der Waals surface area contributed by atoms with Gasteiger partial charge in [0, 0.05) is 6.42 Å². The van der Waals surface area contributed by atoms with Crippen LogP contribution in [0.3, 0.4) is 0 Å². The predicted molar refractivity (Wildman–Crippen MR) is 118 cm³/mol. The molecule has 0 saturated carbocycles. The van der Waals surface area contributed by atoms with Gasteiger partial charge < -0.3 is 15.4 Å². The molecule has 7 heteroatoms. The topological polar surface area (TPSA) is 79.8 Å². The fourth-order valence-corrected chi connectivity index (χ4v) is 3.93. The van der Waals surface area contributed by atoms with Crippen molar-refractivity contribution in [3.8, 4) is 5.75 Å². The normalized spacial score (nSPS) is 17.3. The Labute approximate surface area is 175 Å². The molecule has 0 aliphatic carbocycles. The van der Waals surface area contributed by atoms with Crippen LogP contribution in [0.5, 0.6) is 5.75 Å². The van der Waals surface area contributed by atoms with E-state index >= 15 is 0 Å². The van der Waals surface area contributed by atoms with Crippen molar-refractivity contribution in [1.29, 1.82) is 0 Å². The number of nitrogens with one attached hydrogen (secondary N) is 2. The summed E-state index contributed by atoms with van der Waals surface area (Å²) in [5, 5.41) is 5.65. The number of hydrogen-bond donors (Lipinski definition) is 2. The van der Waals surface area contributed by atoms with Crippen LogP contribution in [-0.2, 0) is 9.59 Å². The number of ether oxygens (including phenoxy) is 1. The minimum Gasteiger partial charge on any atom is -0.491 e. The monoisotopic (exact) mass is 411 g/mol. The summed E-state index contributed by atoms with van der Waals surface area (Å²) in [4.78, 5) is 29.4. The molecule has 2 aromatic rings. The van der Waals surface area contributed by atoms with Gasteiger partial charge in [0.2, 0.25) is 11.8 Å². The first-order chi connectivity index (χ1) is 14.0. The third kappa shape index (κ3) is 5.38. The Bertz CT molecular complexity index is 922. The van der Waals surface area contributed by atoms with E-state index in [2.05, 4.69) is 15.6 Å². The van der Waals surface area contributed by atoms with E-state index in [4.69, 9.17) is 4.74 Å². The maximum atomic E-state index is 12.5. The van der Waals surface area contributed by atoms with Crippen LogP contribution in [0.2, 0.25) is 0 Å². The molecule has 0 aromatic heterocycles. The first kappa shape index (κ1) is 20.9. The van der Waals surface area contributed by atoms with Crippen molar-refractivity contribution in [1.82, 2.24) is 5.32 Å². The average Bonchev–Trinajstić information content (AvgIpc) is 3.03. The molecule has 0 spiro atoms. The van der Waals surface area contributed by atoms with Crippen LogP contribution >= 0.6 is 11.8 Å². The van der Waals surface area contributed by atoms with E-state index in [9.17, 15) is 9.59 Å². The largest absolute Gasteiger partial charge is 0.491 e. The molecule has 1 aliphatic rings. The molecule has 152 valence electrons. The lowest BCUT2D eigenvalue weighted by Crippen LogP contribution is -2.28. The van der Waals surface area contributed by atoms with Crippen molar-refractivity contribution in [2.24, 2.45) is 4.99 Å². The van der Waals surface area contributed by atoms with Crippen LogP contribution in [-0.4, -0.2) is 28.8 Å². The van der Waals surface area contributed by atoms with E-state index in [1.54, 1.807) is 6.07 Å². The average molecular weight is 412 g/mol. The van der Waals surface area contributed by atoms with Crippen LogP contribution < -0.4 is 15.4 Å². The Morgan fingerprint density at radius 3 is 2.62 bits per heavy atom. The lowest BCUT2D eigenvalue weighted by molar-refractivity contribution is -0.122. The number of benzene rings is 2. The van der Waals surface area contributed by atoms with Crippen molar-refractivity contribution < 1.29 is 14.3 Å². The molecule has 29 heavy (non-hydrogen) atoms. The summed E-state index contributed by atoms with van der Waals surface area (Å²) < 4.78 is 5.67. The van der Waals surface area contributed by atoms with Gasteiger partial charge >= 0.3 is 0 Å². The van der Waals surface area contributed by atoms with E-state index in [1.165, 1.54) is 11.8 Å². The smallest absolute Gasteiger partial charge is 0.240 e. The number of carbonyl (C=O) groups is 2. The third-order valence-corrected chi connectivity index (χ3v) is 5.50. The van der Waals surface area contributed by atoms with E-state index < -0.39 is 5.25 Å². The molecule has 2 N–H and O–H groups in total. The van der Waals surface area contributed by atoms with Crippen LogP contribution in [0.4, 0.5) is 11.4 Å². The molecule has 2 aromatic carbocycles. The molecule has 1 heterocycles. The van der Waals surface area contributed by atoms with Crippen LogP contribution in [0.15, 0.2) is 47.5 Å². The highest BCUT2D eigenvalue weighted by Gasteiger charge is 2.32. The number of amides is 2. The predicted octanol–water partition coefficient (Wildman–Crippen LogP) is 4.34. The van der Waals surface area contributed by atoms with E-state index in [-0.39, 0.29) is 18.2 Å². The van der Waals surface area contributed by atoms with Crippen molar-refractivity contribution >= 4 is 40.1 Å². The summed E-state index contributed by atoms with van der Waals surface area (Å²) in [6.45, 7) is 6.56. The Morgan fingerprint density at radius 2 is 1.90 bits per heavy atom. The highest BCUT2D eigenvalue weighted by Crippen LogP contribution is 2.30. The van der Waals surface area contributed by atoms with Crippen LogP contribution in [0.25, 0.3) is 0 Å². The van der Waals surface area contributed by atoms with Crippen LogP contribution in [0.1, 0.15) is 30.9 Å². The second-order valence-electron chi connectivity index (χ2n) is 6.85. The van der Waals surface area contributed by atoms with Gasteiger partial charge in [0.15, 0.2) is 5.17 Å². The van der Waals surface area contributed by atoms with Gasteiger partial charge in [-0.05, 0) is 43.5 Å². The van der Waals surface area contributed by atoms with Gasteiger partial charge in [-0.1, -0.05) is 49.0 Å². The Balaban J connectivity index is 1.65. The molecular weight excluding hydrogens is 386 g/mol. The van der Waals surface area contributed by atoms with Crippen molar-refractivity contribution in [3.05, 3.63) is 53.6 Å². The second-order valence-corrected chi connectivity index (χ2v) is 8.04. The summed E-state index contributed by atoms with van der Waals surface area (Å²) >= 11 is 1.29. The molecule has 1 saturated heterocycles. The Hall–Kier alpha value is -2.80. The molecule has 1 atom stereocenters. The molecule has 6 nitrogen and oxygen atoms in total. The third-order valence-electron chi connectivity index (χ3n) is 4.42. The number of thioether (sulfide) groups is 1. The molecule has 1 aliphatic heterocycles. The zero-order valence-electron chi connectivity index (χ0n) is 16.8. The second kappa shape index (κ2) is 9.60. The van der Waals surface area contributed by atoms with E-state index in [0.717, 1.165) is 23.2 Å². The zero-order valence-corrected chi connectivity index (χ0v) is 17.6. The highest BCUT2D eigenvalue weighted by molar-refractivity contribution is 8.15. The maximum Gasteiger partial charge on any atom is 0.240 e. The summed E-state index contributed by atoms with van der Waals surface area (Å²) in [6, 6.07) is 13.2. The minimum absolute atomic E-state index is 0.0599. The first-order valence-electron chi connectivity index (χ1n) is 9.62. The fourth-order valence-electron chi connectivity index (χ4n) is 2.95. The molecule has 0 unspecified atom stereocenters. The summed E-state index contributed by atoms with van der Waals surface area (Å²) in [5.41, 5.74) is 3.54. The van der Waals surface area contributed by atoms with Gasteiger partial charge in [-0.25, -0.2) is 4.99 Å². The van der Waals surface area contributed by atoms with Crippen molar-refractivity contribution in [2.75, 3.05) is 11.9 Å². The van der Waals surface area contributed by atoms with E-state index in [0.29, 0.717) is 23.2 Å². The number of carbonyl (C=O) groups excluding carboxylic acids is 2. The van der Waals surface area contributed by atoms with Gasteiger partial charge in [-0.15, -0.1) is 0 Å². The van der Waals surface area contributed by atoms with E-state index in [1.807, 2.05) is 57.2 Å². The molecule has 2 amide bonds. The van der Waals surface area contributed by atoms with Gasteiger partial charge in [-0.2, -0.15) is 0 Å². The maximum absolute atomic E-state index is 12.5. The molecule has 3 rings (SSSR count). The molecular formula is C22H25N3O3S. The Morgan fingerprint density at radius 1 is 1.17 bits per heavy atom. The number of aliphatic imine (C=N–C) groups is 1. The number of nitrogens with zero attached hydrogens (tertiary/aromatic N) is 1. The molecule has 1 fully saturated rings. The number of para-hydroxylation sites is 3. The zero-order chi connectivity index (χ0) is 20.8. The lowest BCUT2D eigenvalue weighted by atomic mass is 10.1. The van der Waals surface area contributed by atoms with Gasteiger partial charge in [0.1, 0.15) is 11.0 Å². The number of amidine groups is 1. The van der Waals surface area contributed by atoms with Gasteiger partial charge in [0.05, 0.1) is 18.0 Å². The number of rotatable bonds is 7. The lowest BCUT2D eigenvalue weighted by Gasteiger charge is -2.12. The molecule has 0 radical (unpaired) electrons. The fraction of sp³-hybridized carbons (Fsp3) is 0.318. The first-order valence-corrected chi connectivity index (χ1v) is 10.5. The van der Waals surface area contributed by atoms with Crippen LogP contribution in [0, 0.1) is 13.8 Å². The van der Waals surface area contributed by atoms with Gasteiger partial charge in [-0.3, -0.25) is 9.59 Å². The minimum atomic E-state index is -0.512. The number of anilines is 1. The SMILES string of the molecule is CCCOc1ccccc1NC(=O)C[C@@H]1SC(=Nc2c(C)cccc2C)NC1=O.